The molecule has 0 fully saturated rings. The zero-order chi connectivity index (χ0) is 9.42. The summed E-state index contributed by atoms with van der Waals surface area (Å²) >= 11 is 0. The third kappa shape index (κ3) is 1.11. The second kappa shape index (κ2) is 2.65. The summed E-state index contributed by atoms with van der Waals surface area (Å²) < 4.78 is 13.2. The first kappa shape index (κ1) is 7.91. The highest BCUT2D eigenvalue weighted by molar-refractivity contribution is 5.86. The molecule has 4 heteroatoms. The van der Waals surface area contributed by atoms with E-state index >= 15 is 0 Å². The van der Waals surface area contributed by atoms with E-state index in [2.05, 4.69) is 9.97 Å². The van der Waals surface area contributed by atoms with Gasteiger partial charge in [-0.1, -0.05) is 0 Å². The number of pyridine rings is 2. The van der Waals surface area contributed by atoms with Crippen LogP contribution in [0.4, 0.5) is 10.1 Å². The lowest BCUT2D eigenvalue weighted by molar-refractivity contribution is 0.617. The zero-order valence-corrected chi connectivity index (χ0v) is 7.08. The Hall–Kier alpha value is -1.71. The molecule has 66 valence electrons. The van der Waals surface area contributed by atoms with E-state index < -0.39 is 5.82 Å². The molecule has 2 N–H and O–H groups in total. The fourth-order valence-electron chi connectivity index (χ4n) is 1.22. The van der Waals surface area contributed by atoms with Crippen LogP contribution in [0, 0.1) is 12.7 Å². The first-order valence-corrected chi connectivity index (χ1v) is 3.86. The average Bonchev–Trinajstić information content (AvgIpc) is 2.15. The molecular formula is C9H8FN3. The van der Waals surface area contributed by atoms with Crippen molar-refractivity contribution in [1.29, 1.82) is 0 Å². The summed E-state index contributed by atoms with van der Waals surface area (Å²) in [5, 5.41) is 0. The Morgan fingerprint density at radius 2 is 2.23 bits per heavy atom. The van der Waals surface area contributed by atoms with Crippen LogP contribution in [0.25, 0.3) is 11.0 Å². The second-order valence-electron chi connectivity index (χ2n) is 2.80. The lowest BCUT2D eigenvalue weighted by Crippen LogP contribution is -1.99. The Labute approximate surface area is 74.4 Å². The number of rotatable bonds is 0. The maximum Gasteiger partial charge on any atom is 0.169 e. The second-order valence-corrected chi connectivity index (χ2v) is 2.80. The summed E-state index contributed by atoms with van der Waals surface area (Å²) in [7, 11) is 0. The SMILES string of the molecule is Cc1nc2cccnc2c(N)c1F. The van der Waals surface area contributed by atoms with E-state index in [1.54, 1.807) is 25.3 Å². The van der Waals surface area contributed by atoms with E-state index in [0.717, 1.165) is 0 Å². The van der Waals surface area contributed by atoms with E-state index in [4.69, 9.17) is 5.73 Å². The van der Waals surface area contributed by atoms with Crippen molar-refractivity contribution in [2.75, 3.05) is 5.73 Å². The van der Waals surface area contributed by atoms with Gasteiger partial charge in [-0.15, -0.1) is 0 Å². The van der Waals surface area contributed by atoms with E-state index in [9.17, 15) is 4.39 Å². The molecule has 0 aromatic carbocycles. The quantitative estimate of drug-likeness (QED) is 0.665. The highest BCUT2D eigenvalue weighted by atomic mass is 19.1. The molecule has 2 aromatic rings. The predicted octanol–water partition coefficient (Wildman–Crippen LogP) is 1.66. The monoisotopic (exact) mass is 177 g/mol. The Balaban J connectivity index is 2.94. The van der Waals surface area contributed by atoms with Gasteiger partial charge in [-0.2, -0.15) is 0 Å². The van der Waals surface area contributed by atoms with E-state index in [-0.39, 0.29) is 5.69 Å². The van der Waals surface area contributed by atoms with Crippen LogP contribution in [0.15, 0.2) is 18.3 Å². The topological polar surface area (TPSA) is 51.8 Å². The molecule has 2 rings (SSSR count). The van der Waals surface area contributed by atoms with Crippen molar-refractivity contribution in [3.63, 3.8) is 0 Å². The van der Waals surface area contributed by atoms with Crippen LogP contribution in [0.1, 0.15) is 5.69 Å². The van der Waals surface area contributed by atoms with Crippen LogP contribution in [0.3, 0.4) is 0 Å². The van der Waals surface area contributed by atoms with Crippen molar-refractivity contribution in [3.05, 3.63) is 29.8 Å². The minimum Gasteiger partial charge on any atom is -0.394 e. The molecule has 0 aliphatic rings. The Bertz CT molecular complexity index is 468. The van der Waals surface area contributed by atoms with Crippen molar-refractivity contribution in [1.82, 2.24) is 9.97 Å². The molecule has 0 aliphatic carbocycles. The lowest BCUT2D eigenvalue weighted by atomic mass is 10.2. The largest absolute Gasteiger partial charge is 0.394 e. The number of fused-ring (bicyclic) bond motifs is 1. The molecule has 0 radical (unpaired) electrons. The third-order valence-corrected chi connectivity index (χ3v) is 1.88. The number of anilines is 1. The van der Waals surface area contributed by atoms with Gasteiger partial charge < -0.3 is 5.73 Å². The van der Waals surface area contributed by atoms with Gasteiger partial charge in [-0.25, -0.2) is 9.37 Å². The Kier molecular flexibility index (Phi) is 1.62. The Morgan fingerprint density at radius 1 is 1.46 bits per heavy atom. The Morgan fingerprint density at radius 3 is 3.00 bits per heavy atom. The van der Waals surface area contributed by atoms with Crippen molar-refractivity contribution in [2.45, 2.75) is 6.92 Å². The van der Waals surface area contributed by atoms with Crippen molar-refractivity contribution >= 4 is 16.7 Å². The number of nitrogens with two attached hydrogens (primary N) is 1. The third-order valence-electron chi connectivity index (χ3n) is 1.88. The van der Waals surface area contributed by atoms with E-state index in [1.807, 2.05) is 0 Å². The molecule has 3 nitrogen and oxygen atoms in total. The first-order valence-electron chi connectivity index (χ1n) is 3.86. The average molecular weight is 177 g/mol. The van der Waals surface area contributed by atoms with Gasteiger partial charge in [0.25, 0.3) is 0 Å². The summed E-state index contributed by atoms with van der Waals surface area (Å²) in [6.07, 6.45) is 1.56. The van der Waals surface area contributed by atoms with Crippen molar-refractivity contribution < 1.29 is 4.39 Å². The number of aryl methyl sites for hydroxylation is 1. The molecule has 0 spiro atoms. The summed E-state index contributed by atoms with van der Waals surface area (Å²) in [6, 6.07) is 3.50. The predicted molar refractivity (Wildman–Crippen MR) is 48.6 cm³/mol. The smallest absolute Gasteiger partial charge is 0.169 e. The molecule has 0 saturated carbocycles. The highest BCUT2D eigenvalue weighted by Gasteiger charge is 2.09. The van der Waals surface area contributed by atoms with Crippen LogP contribution in [-0.2, 0) is 0 Å². The van der Waals surface area contributed by atoms with Crippen molar-refractivity contribution in [3.8, 4) is 0 Å². The van der Waals surface area contributed by atoms with Crippen LogP contribution < -0.4 is 5.73 Å². The number of nitrogen functional groups attached to an aromatic ring is 1. The molecule has 0 amide bonds. The summed E-state index contributed by atoms with van der Waals surface area (Å²) in [5.41, 5.74) is 6.96. The van der Waals surface area contributed by atoms with Gasteiger partial charge in [0.1, 0.15) is 5.52 Å². The molecule has 0 bridgehead atoms. The number of nitrogens with zero attached hydrogens (tertiary/aromatic N) is 2. The first-order chi connectivity index (χ1) is 6.20. The van der Waals surface area contributed by atoms with Crippen LogP contribution in [0.2, 0.25) is 0 Å². The van der Waals surface area contributed by atoms with Crippen LogP contribution in [0.5, 0.6) is 0 Å². The fourth-order valence-corrected chi connectivity index (χ4v) is 1.22. The molecule has 0 atom stereocenters. The molecular weight excluding hydrogens is 169 g/mol. The molecule has 0 saturated heterocycles. The standard InChI is InChI=1S/C9H8FN3/c1-5-7(10)8(11)9-6(13-5)3-2-4-12-9/h2-4H,1H3,(H2,11,13). The van der Waals surface area contributed by atoms with Gasteiger partial charge in [-0.05, 0) is 19.1 Å². The summed E-state index contributed by atoms with van der Waals surface area (Å²) in [5.74, 6) is -0.480. The molecule has 0 aliphatic heterocycles. The molecule has 0 unspecified atom stereocenters. The van der Waals surface area contributed by atoms with Gasteiger partial charge in [-0.3, -0.25) is 4.98 Å². The van der Waals surface area contributed by atoms with Gasteiger partial charge in [0.05, 0.1) is 16.9 Å². The minimum atomic E-state index is -0.480. The van der Waals surface area contributed by atoms with E-state index in [0.29, 0.717) is 16.7 Å². The minimum absolute atomic E-state index is 0.0723. The maximum atomic E-state index is 13.2. The van der Waals surface area contributed by atoms with E-state index in [1.165, 1.54) is 0 Å². The number of halogens is 1. The number of aromatic nitrogens is 2. The lowest BCUT2D eigenvalue weighted by Gasteiger charge is -2.03. The van der Waals surface area contributed by atoms with Crippen LogP contribution in [-0.4, -0.2) is 9.97 Å². The maximum absolute atomic E-state index is 13.2. The highest BCUT2D eigenvalue weighted by Crippen LogP contribution is 2.21. The summed E-state index contributed by atoms with van der Waals surface area (Å²) in [6.45, 7) is 1.58. The molecule has 2 heterocycles. The van der Waals surface area contributed by atoms with Crippen LogP contribution >= 0.6 is 0 Å². The normalized spacial score (nSPS) is 10.6. The van der Waals surface area contributed by atoms with Gasteiger partial charge >= 0.3 is 0 Å². The van der Waals surface area contributed by atoms with Crippen molar-refractivity contribution in [2.24, 2.45) is 0 Å². The molecule has 13 heavy (non-hydrogen) atoms. The fraction of sp³-hybridized carbons (Fsp3) is 0.111. The van der Waals surface area contributed by atoms with Gasteiger partial charge in [0.15, 0.2) is 5.82 Å². The summed E-state index contributed by atoms with van der Waals surface area (Å²) in [4.78, 5) is 7.97. The zero-order valence-electron chi connectivity index (χ0n) is 7.08. The number of hydrogen-bond donors (Lipinski definition) is 1. The van der Waals surface area contributed by atoms with Gasteiger partial charge in [0.2, 0.25) is 0 Å². The van der Waals surface area contributed by atoms with Gasteiger partial charge in [0, 0.05) is 6.20 Å². The molecule has 2 aromatic heterocycles. The number of hydrogen-bond acceptors (Lipinski definition) is 3.